The number of hydrogen-bond donors (Lipinski definition) is 2. The van der Waals surface area contributed by atoms with Gasteiger partial charge in [-0.2, -0.15) is 0 Å². The van der Waals surface area contributed by atoms with Crippen LogP contribution >= 0.6 is 0 Å². The quantitative estimate of drug-likeness (QED) is 0.833. The fourth-order valence-electron chi connectivity index (χ4n) is 2.34. The van der Waals surface area contributed by atoms with E-state index in [1.54, 1.807) is 6.07 Å². The number of nitrogens with zero attached hydrogens (tertiary/aromatic N) is 1. The first-order valence-corrected chi connectivity index (χ1v) is 6.40. The second-order valence-electron chi connectivity index (χ2n) is 5.48. The lowest BCUT2D eigenvalue weighted by molar-refractivity contribution is 0.0942. The number of carbonyl (C=O) groups is 1. The van der Waals surface area contributed by atoms with Gasteiger partial charge in [-0.05, 0) is 37.2 Å². The second-order valence-corrected chi connectivity index (χ2v) is 5.48. The van der Waals surface area contributed by atoms with E-state index in [-0.39, 0.29) is 5.91 Å². The summed E-state index contributed by atoms with van der Waals surface area (Å²) in [6, 6.07) is 2.28. The molecule has 2 aliphatic carbocycles. The lowest BCUT2D eigenvalue weighted by atomic mass is 10.3. The first kappa shape index (κ1) is 10.7. The first-order chi connectivity index (χ1) is 8.15. The van der Waals surface area contributed by atoms with Crippen LogP contribution in [-0.4, -0.2) is 17.0 Å². The molecule has 2 atom stereocenters. The van der Waals surface area contributed by atoms with E-state index >= 15 is 0 Å². The largest absolute Gasteiger partial charge is 0.397 e. The predicted octanol–water partition coefficient (Wildman–Crippen LogP) is 1.79. The van der Waals surface area contributed by atoms with Crippen LogP contribution in [0.5, 0.6) is 0 Å². The van der Waals surface area contributed by atoms with Gasteiger partial charge in [0.1, 0.15) is 5.69 Å². The van der Waals surface area contributed by atoms with Gasteiger partial charge in [-0.15, -0.1) is 0 Å². The van der Waals surface area contributed by atoms with Crippen LogP contribution in [0.2, 0.25) is 0 Å². The van der Waals surface area contributed by atoms with Crippen molar-refractivity contribution in [3.8, 4) is 0 Å². The molecule has 0 radical (unpaired) electrons. The SMILES string of the molecule is CC1CC1CNC(=O)c1cc(N)cn1C1CC1. The van der Waals surface area contributed by atoms with Gasteiger partial charge in [0.25, 0.3) is 5.91 Å². The topological polar surface area (TPSA) is 60.1 Å². The maximum Gasteiger partial charge on any atom is 0.268 e. The Labute approximate surface area is 101 Å². The fourth-order valence-corrected chi connectivity index (χ4v) is 2.34. The molecule has 17 heavy (non-hydrogen) atoms. The predicted molar refractivity (Wildman–Crippen MR) is 66.7 cm³/mol. The summed E-state index contributed by atoms with van der Waals surface area (Å²) in [5.74, 6) is 1.48. The minimum Gasteiger partial charge on any atom is -0.397 e. The Kier molecular flexibility index (Phi) is 2.38. The van der Waals surface area contributed by atoms with Crippen LogP contribution in [0.25, 0.3) is 0 Å². The van der Waals surface area contributed by atoms with Gasteiger partial charge in [-0.1, -0.05) is 6.92 Å². The molecule has 1 aromatic rings. The molecule has 4 heteroatoms. The summed E-state index contributed by atoms with van der Waals surface area (Å²) in [5, 5.41) is 3.01. The van der Waals surface area contributed by atoms with Gasteiger partial charge in [0.15, 0.2) is 0 Å². The Morgan fingerprint density at radius 2 is 2.29 bits per heavy atom. The molecule has 92 valence electrons. The average molecular weight is 233 g/mol. The second kappa shape index (κ2) is 3.79. The molecule has 0 bridgehead atoms. The average Bonchev–Trinajstić information content (AvgIpc) is 3.19. The van der Waals surface area contributed by atoms with E-state index in [2.05, 4.69) is 12.2 Å². The molecule has 1 aromatic heterocycles. The van der Waals surface area contributed by atoms with Crippen molar-refractivity contribution in [2.45, 2.75) is 32.2 Å². The van der Waals surface area contributed by atoms with Crippen LogP contribution < -0.4 is 11.1 Å². The van der Waals surface area contributed by atoms with E-state index in [1.165, 1.54) is 6.42 Å². The maximum atomic E-state index is 12.1. The first-order valence-electron chi connectivity index (χ1n) is 6.40. The minimum atomic E-state index is 0.0210. The van der Waals surface area contributed by atoms with Gasteiger partial charge in [0.2, 0.25) is 0 Å². The molecule has 2 fully saturated rings. The molecule has 1 amide bonds. The zero-order valence-corrected chi connectivity index (χ0v) is 10.1. The Bertz CT molecular complexity index is 448. The van der Waals surface area contributed by atoms with Gasteiger partial charge in [0.05, 0.1) is 5.69 Å². The summed E-state index contributed by atoms with van der Waals surface area (Å²) in [5.41, 5.74) is 7.18. The molecule has 0 saturated heterocycles. The summed E-state index contributed by atoms with van der Waals surface area (Å²) >= 11 is 0. The molecule has 2 unspecified atom stereocenters. The van der Waals surface area contributed by atoms with Gasteiger partial charge in [0, 0.05) is 18.8 Å². The smallest absolute Gasteiger partial charge is 0.268 e. The Morgan fingerprint density at radius 1 is 1.59 bits per heavy atom. The molecule has 0 aromatic carbocycles. The number of nitrogens with two attached hydrogens (primary N) is 1. The highest BCUT2D eigenvalue weighted by Gasteiger charge is 2.33. The molecule has 2 saturated carbocycles. The molecule has 3 N–H and O–H groups in total. The Morgan fingerprint density at radius 3 is 2.88 bits per heavy atom. The monoisotopic (exact) mass is 233 g/mol. The highest BCUT2D eigenvalue weighted by Crippen LogP contribution is 2.38. The standard InChI is InChI=1S/C13H19N3O/c1-8-4-9(8)6-15-13(17)12-5-10(14)7-16(12)11-2-3-11/h5,7-9,11H,2-4,6,14H2,1H3,(H,15,17). The number of rotatable bonds is 4. The van der Waals surface area contributed by atoms with Crippen molar-refractivity contribution in [1.82, 2.24) is 9.88 Å². The lowest BCUT2D eigenvalue weighted by Gasteiger charge is -2.08. The van der Waals surface area contributed by atoms with Crippen molar-refractivity contribution in [2.24, 2.45) is 11.8 Å². The normalized spacial score (nSPS) is 26.9. The molecular weight excluding hydrogens is 214 g/mol. The van der Waals surface area contributed by atoms with Gasteiger partial charge >= 0.3 is 0 Å². The van der Waals surface area contributed by atoms with E-state index < -0.39 is 0 Å². The zero-order chi connectivity index (χ0) is 12.0. The molecule has 2 aliphatic rings. The van der Waals surface area contributed by atoms with Crippen LogP contribution in [0, 0.1) is 11.8 Å². The number of nitrogens with one attached hydrogen (secondary N) is 1. The number of aromatic nitrogens is 1. The van der Waals surface area contributed by atoms with Crippen LogP contribution in [-0.2, 0) is 0 Å². The van der Waals surface area contributed by atoms with Crippen molar-refractivity contribution in [3.05, 3.63) is 18.0 Å². The third-order valence-electron chi connectivity index (χ3n) is 3.84. The summed E-state index contributed by atoms with van der Waals surface area (Å²) in [4.78, 5) is 12.1. The highest BCUT2D eigenvalue weighted by atomic mass is 16.1. The van der Waals surface area contributed by atoms with Crippen LogP contribution in [0.4, 0.5) is 5.69 Å². The molecule has 4 nitrogen and oxygen atoms in total. The number of anilines is 1. The Balaban J connectivity index is 1.67. The Hall–Kier alpha value is -1.45. The van der Waals surface area contributed by atoms with Crippen molar-refractivity contribution >= 4 is 11.6 Å². The van der Waals surface area contributed by atoms with E-state index in [0.29, 0.717) is 17.6 Å². The molecule has 3 rings (SSSR count). The molecular formula is C13H19N3O. The lowest BCUT2D eigenvalue weighted by Crippen LogP contribution is -2.27. The zero-order valence-electron chi connectivity index (χ0n) is 10.1. The molecule has 0 aliphatic heterocycles. The third-order valence-corrected chi connectivity index (χ3v) is 3.84. The number of hydrogen-bond acceptors (Lipinski definition) is 2. The summed E-state index contributed by atoms with van der Waals surface area (Å²) in [6.45, 7) is 3.03. The van der Waals surface area contributed by atoms with E-state index in [0.717, 1.165) is 31.0 Å². The van der Waals surface area contributed by atoms with Crippen molar-refractivity contribution in [1.29, 1.82) is 0 Å². The summed E-state index contributed by atoms with van der Waals surface area (Å²) in [6.07, 6.45) is 5.44. The summed E-state index contributed by atoms with van der Waals surface area (Å²) in [7, 11) is 0. The fraction of sp³-hybridized carbons (Fsp3) is 0.615. The number of amides is 1. The number of nitrogen functional groups attached to an aromatic ring is 1. The molecule has 0 spiro atoms. The van der Waals surface area contributed by atoms with Gasteiger partial charge in [-0.25, -0.2) is 0 Å². The third kappa shape index (κ3) is 2.16. The minimum absolute atomic E-state index is 0.0210. The van der Waals surface area contributed by atoms with Gasteiger partial charge < -0.3 is 15.6 Å². The summed E-state index contributed by atoms with van der Waals surface area (Å²) < 4.78 is 2.03. The van der Waals surface area contributed by atoms with Crippen molar-refractivity contribution < 1.29 is 4.79 Å². The van der Waals surface area contributed by atoms with Crippen molar-refractivity contribution in [3.63, 3.8) is 0 Å². The van der Waals surface area contributed by atoms with Gasteiger partial charge in [-0.3, -0.25) is 4.79 Å². The maximum absolute atomic E-state index is 12.1. The van der Waals surface area contributed by atoms with E-state index in [1.807, 2.05) is 10.8 Å². The van der Waals surface area contributed by atoms with Crippen LogP contribution in [0.1, 0.15) is 42.7 Å². The van der Waals surface area contributed by atoms with E-state index in [4.69, 9.17) is 5.73 Å². The van der Waals surface area contributed by atoms with Crippen LogP contribution in [0.15, 0.2) is 12.3 Å². The number of carbonyl (C=O) groups excluding carboxylic acids is 1. The van der Waals surface area contributed by atoms with E-state index in [9.17, 15) is 4.79 Å². The van der Waals surface area contributed by atoms with Crippen molar-refractivity contribution in [2.75, 3.05) is 12.3 Å². The molecule has 1 heterocycles. The van der Waals surface area contributed by atoms with Crippen LogP contribution in [0.3, 0.4) is 0 Å². The highest BCUT2D eigenvalue weighted by molar-refractivity contribution is 5.93.